The molecule has 9 nitrogen and oxygen atoms in total. The van der Waals surface area contributed by atoms with Crippen LogP contribution >= 0.6 is 0 Å². The third-order valence-electron chi connectivity index (χ3n) is 5.74. The van der Waals surface area contributed by atoms with E-state index in [1.165, 1.54) is 48.2 Å². The SMILES string of the molecule is CCS(=O)(=O)N(CC(=O)N(Cc1ccc(F)cc1)[C@H](C)C(=O)NCC(C)C)c1ccc2c(c1)OCO2. The number of amides is 2. The Kier molecular flexibility index (Phi) is 8.78. The molecule has 2 aromatic carbocycles. The van der Waals surface area contributed by atoms with Gasteiger partial charge < -0.3 is 19.7 Å². The average molecular weight is 522 g/mol. The van der Waals surface area contributed by atoms with Gasteiger partial charge in [0.15, 0.2) is 11.5 Å². The van der Waals surface area contributed by atoms with Crippen molar-refractivity contribution in [3.8, 4) is 11.5 Å². The molecule has 1 aliphatic rings. The van der Waals surface area contributed by atoms with Crippen LogP contribution in [-0.4, -0.2) is 56.8 Å². The number of hydrogen-bond donors (Lipinski definition) is 1. The van der Waals surface area contributed by atoms with Crippen molar-refractivity contribution in [1.82, 2.24) is 10.2 Å². The lowest BCUT2D eigenvalue weighted by atomic mass is 10.1. The van der Waals surface area contributed by atoms with Crippen molar-refractivity contribution in [2.75, 3.05) is 29.9 Å². The molecule has 0 aromatic heterocycles. The Hall–Kier alpha value is -3.34. The van der Waals surface area contributed by atoms with Crippen molar-refractivity contribution in [3.63, 3.8) is 0 Å². The Labute approximate surface area is 211 Å². The fourth-order valence-electron chi connectivity index (χ4n) is 3.58. The van der Waals surface area contributed by atoms with Gasteiger partial charge in [-0.1, -0.05) is 26.0 Å². The summed E-state index contributed by atoms with van der Waals surface area (Å²) in [4.78, 5) is 27.7. The van der Waals surface area contributed by atoms with Crippen LogP contribution in [0.25, 0.3) is 0 Å². The highest BCUT2D eigenvalue weighted by Gasteiger charge is 2.31. The number of fused-ring (bicyclic) bond motifs is 1. The van der Waals surface area contributed by atoms with Crippen LogP contribution < -0.4 is 19.1 Å². The maximum absolute atomic E-state index is 13.6. The molecule has 0 saturated carbocycles. The summed E-state index contributed by atoms with van der Waals surface area (Å²) in [6.45, 7) is 6.88. The lowest BCUT2D eigenvalue weighted by molar-refractivity contribution is -0.139. The standard InChI is InChI=1S/C25H32FN3O6S/c1-5-36(32,33)29(21-10-11-22-23(12-21)35-16-34-22)15-24(30)28(14-19-6-8-20(26)9-7-19)18(4)25(31)27-13-17(2)3/h6-12,17-18H,5,13-16H2,1-4H3,(H,27,31)/t18-/m1/s1. The van der Waals surface area contributed by atoms with Gasteiger partial charge in [0, 0.05) is 19.2 Å². The van der Waals surface area contributed by atoms with Crippen molar-refractivity contribution >= 4 is 27.5 Å². The van der Waals surface area contributed by atoms with Gasteiger partial charge in [-0.05, 0) is 49.6 Å². The number of sulfonamides is 1. The number of halogens is 1. The molecule has 0 bridgehead atoms. The fraction of sp³-hybridized carbons (Fsp3) is 0.440. The van der Waals surface area contributed by atoms with Crippen molar-refractivity contribution in [2.45, 2.75) is 40.3 Å². The molecule has 196 valence electrons. The van der Waals surface area contributed by atoms with Gasteiger partial charge in [0.05, 0.1) is 11.4 Å². The number of nitrogens with one attached hydrogen (secondary N) is 1. The van der Waals surface area contributed by atoms with E-state index in [2.05, 4.69) is 5.32 Å². The third kappa shape index (κ3) is 6.66. The topological polar surface area (TPSA) is 105 Å². The molecule has 11 heteroatoms. The van der Waals surface area contributed by atoms with Crippen LogP contribution in [-0.2, 0) is 26.2 Å². The summed E-state index contributed by atoms with van der Waals surface area (Å²) in [5, 5.41) is 2.81. The van der Waals surface area contributed by atoms with Gasteiger partial charge in [-0.3, -0.25) is 13.9 Å². The normalized spacial score (nSPS) is 13.4. The first kappa shape index (κ1) is 27.3. The van der Waals surface area contributed by atoms with Gasteiger partial charge in [-0.25, -0.2) is 12.8 Å². The maximum Gasteiger partial charge on any atom is 0.244 e. The second-order valence-corrected chi connectivity index (χ2v) is 11.1. The zero-order valence-electron chi connectivity index (χ0n) is 20.9. The summed E-state index contributed by atoms with van der Waals surface area (Å²) in [5.41, 5.74) is 0.842. The zero-order valence-corrected chi connectivity index (χ0v) is 21.7. The van der Waals surface area contributed by atoms with E-state index < -0.39 is 34.3 Å². The van der Waals surface area contributed by atoms with E-state index in [1.807, 2.05) is 13.8 Å². The smallest absolute Gasteiger partial charge is 0.244 e. The highest BCUT2D eigenvalue weighted by molar-refractivity contribution is 7.92. The van der Waals surface area contributed by atoms with E-state index in [9.17, 15) is 22.4 Å². The van der Waals surface area contributed by atoms with E-state index in [0.29, 0.717) is 23.6 Å². The molecule has 1 atom stereocenters. The molecule has 0 saturated heterocycles. The van der Waals surface area contributed by atoms with Gasteiger partial charge in [0.1, 0.15) is 18.4 Å². The first-order valence-electron chi connectivity index (χ1n) is 11.7. The van der Waals surface area contributed by atoms with Crippen LogP contribution in [0, 0.1) is 11.7 Å². The molecule has 1 aliphatic heterocycles. The molecule has 3 rings (SSSR count). The molecule has 1 heterocycles. The monoisotopic (exact) mass is 521 g/mol. The molecule has 2 aromatic rings. The van der Waals surface area contributed by atoms with Crippen molar-refractivity contribution in [1.29, 1.82) is 0 Å². The summed E-state index contributed by atoms with van der Waals surface area (Å²) in [7, 11) is -3.87. The molecule has 0 spiro atoms. The van der Waals surface area contributed by atoms with Crippen molar-refractivity contribution < 1.29 is 31.9 Å². The summed E-state index contributed by atoms with van der Waals surface area (Å²) in [6.07, 6.45) is 0. The number of ether oxygens (including phenoxy) is 2. The van der Waals surface area contributed by atoms with Gasteiger partial charge in [-0.2, -0.15) is 0 Å². The molecule has 2 amide bonds. The second-order valence-electron chi connectivity index (χ2n) is 8.91. The lowest BCUT2D eigenvalue weighted by Gasteiger charge is -2.32. The lowest BCUT2D eigenvalue weighted by Crippen LogP contribution is -2.51. The quantitative estimate of drug-likeness (QED) is 0.488. The summed E-state index contributed by atoms with van der Waals surface area (Å²) >= 11 is 0. The van der Waals surface area contributed by atoms with Crippen molar-refractivity contribution in [2.24, 2.45) is 5.92 Å². The minimum absolute atomic E-state index is 0.00344. The number of hydrogen-bond acceptors (Lipinski definition) is 6. The number of carbonyl (C=O) groups is 2. The minimum atomic E-state index is -3.87. The fourth-order valence-corrected chi connectivity index (χ4v) is 4.64. The Morgan fingerprint density at radius 3 is 2.36 bits per heavy atom. The first-order valence-corrected chi connectivity index (χ1v) is 13.3. The second kappa shape index (κ2) is 11.6. The van der Waals surface area contributed by atoms with Gasteiger partial charge in [0.25, 0.3) is 0 Å². The average Bonchev–Trinajstić information content (AvgIpc) is 3.32. The van der Waals surface area contributed by atoms with E-state index >= 15 is 0 Å². The van der Waals surface area contributed by atoms with Crippen LogP contribution in [0.5, 0.6) is 11.5 Å². The number of nitrogens with zero attached hydrogens (tertiary/aromatic N) is 2. The largest absolute Gasteiger partial charge is 0.454 e. The first-order chi connectivity index (χ1) is 17.0. The molecule has 1 N–H and O–H groups in total. The Morgan fingerprint density at radius 1 is 1.06 bits per heavy atom. The molecule has 36 heavy (non-hydrogen) atoms. The van der Waals surface area contributed by atoms with Crippen molar-refractivity contribution in [3.05, 3.63) is 53.8 Å². The number of carbonyl (C=O) groups excluding carboxylic acids is 2. The highest BCUT2D eigenvalue weighted by Crippen LogP contribution is 2.36. The van der Waals surface area contributed by atoms with Crippen LogP contribution in [0.15, 0.2) is 42.5 Å². The number of rotatable bonds is 11. The van der Waals surface area contributed by atoms with E-state index in [0.717, 1.165) is 4.31 Å². The van der Waals surface area contributed by atoms with Crippen LogP contribution in [0.4, 0.5) is 10.1 Å². The predicted molar refractivity (Wildman–Crippen MR) is 134 cm³/mol. The molecule has 0 radical (unpaired) electrons. The van der Waals surface area contributed by atoms with Crippen LogP contribution in [0.3, 0.4) is 0 Å². The van der Waals surface area contributed by atoms with Crippen LogP contribution in [0.1, 0.15) is 33.3 Å². The van der Waals surface area contributed by atoms with Gasteiger partial charge >= 0.3 is 0 Å². The molecule has 0 unspecified atom stereocenters. The molecule has 0 fully saturated rings. The highest BCUT2D eigenvalue weighted by atomic mass is 32.2. The summed E-state index contributed by atoms with van der Waals surface area (Å²) in [6, 6.07) is 9.30. The Morgan fingerprint density at radius 2 is 1.72 bits per heavy atom. The third-order valence-corrected chi connectivity index (χ3v) is 7.48. The molecular formula is C25H32FN3O6S. The maximum atomic E-state index is 13.6. The number of benzene rings is 2. The summed E-state index contributed by atoms with van der Waals surface area (Å²) < 4.78 is 51.1. The Balaban J connectivity index is 1.91. The van der Waals surface area contributed by atoms with Crippen LogP contribution in [0.2, 0.25) is 0 Å². The predicted octanol–water partition coefficient (Wildman–Crippen LogP) is 2.90. The summed E-state index contributed by atoms with van der Waals surface area (Å²) in [5.74, 6) is -0.556. The Bertz CT molecular complexity index is 1190. The molecule has 0 aliphatic carbocycles. The minimum Gasteiger partial charge on any atom is -0.454 e. The number of anilines is 1. The van der Waals surface area contributed by atoms with Gasteiger partial charge in [-0.15, -0.1) is 0 Å². The molecular weight excluding hydrogens is 489 g/mol. The zero-order chi connectivity index (χ0) is 26.5. The van der Waals surface area contributed by atoms with E-state index in [1.54, 1.807) is 13.0 Å². The van der Waals surface area contributed by atoms with E-state index in [-0.39, 0.29) is 36.6 Å². The van der Waals surface area contributed by atoms with Gasteiger partial charge in [0.2, 0.25) is 28.6 Å². The van der Waals surface area contributed by atoms with E-state index in [4.69, 9.17) is 9.47 Å².